The molecule has 0 amide bonds. The average Bonchev–Trinajstić information content (AvgIpc) is 3.03. The number of rotatable bonds is 2. The third kappa shape index (κ3) is 2.27. The summed E-state index contributed by atoms with van der Waals surface area (Å²) in [6.45, 7) is 8.43. The number of ketones is 1. The number of methoxy groups -OCH3 is 2. The summed E-state index contributed by atoms with van der Waals surface area (Å²) in [5.74, 6) is 2.10. The minimum Gasteiger partial charge on any atom is -0.496 e. The van der Waals surface area contributed by atoms with E-state index in [4.69, 9.17) is 30.5 Å². The number of carbonyl (C=O) groups is 1. The minimum absolute atomic E-state index is 0.0518. The molecule has 27 heavy (non-hydrogen) atoms. The van der Waals surface area contributed by atoms with Gasteiger partial charge in [0.25, 0.3) is 0 Å². The highest BCUT2D eigenvalue weighted by Crippen LogP contribution is 2.58. The van der Waals surface area contributed by atoms with Gasteiger partial charge in [-0.2, -0.15) is 0 Å². The van der Waals surface area contributed by atoms with E-state index in [1.165, 1.54) is 14.2 Å². The molecule has 2 heterocycles. The SMILES string of the molecule is COc1cc(OC)c2c(c1Cl)O[C@@]1(CC3=C(C[C@H]1C)OC(C)C3(C)C)C2=O. The largest absolute Gasteiger partial charge is 0.496 e. The van der Waals surface area contributed by atoms with Gasteiger partial charge in [0, 0.05) is 30.2 Å². The minimum atomic E-state index is -0.991. The second-order valence-electron chi connectivity index (χ2n) is 8.29. The van der Waals surface area contributed by atoms with Gasteiger partial charge in [0.15, 0.2) is 11.4 Å². The molecule has 1 aliphatic carbocycles. The van der Waals surface area contributed by atoms with Gasteiger partial charge in [0.2, 0.25) is 5.78 Å². The van der Waals surface area contributed by atoms with Crippen molar-refractivity contribution in [2.45, 2.75) is 52.2 Å². The molecule has 2 aliphatic heterocycles. The van der Waals surface area contributed by atoms with Gasteiger partial charge in [0.1, 0.15) is 28.2 Å². The van der Waals surface area contributed by atoms with Gasteiger partial charge in [0.05, 0.1) is 20.0 Å². The molecule has 3 aliphatic rings. The van der Waals surface area contributed by atoms with Crippen molar-refractivity contribution in [2.24, 2.45) is 11.3 Å². The van der Waals surface area contributed by atoms with Crippen LogP contribution in [0.1, 0.15) is 50.9 Å². The number of allylic oxidation sites excluding steroid dienone is 1. The van der Waals surface area contributed by atoms with Crippen molar-refractivity contribution in [3.63, 3.8) is 0 Å². The molecule has 1 aromatic rings. The first-order valence-corrected chi connectivity index (χ1v) is 9.62. The summed E-state index contributed by atoms with van der Waals surface area (Å²) in [4.78, 5) is 13.6. The Bertz CT molecular complexity index is 872. The molecule has 6 heteroatoms. The summed E-state index contributed by atoms with van der Waals surface area (Å²) in [6.07, 6.45) is 1.23. The van der Waals surface area contributed by atoms with Crippen molar-refractivity contribution in [3.8, 4) is 17.2 Å². The van der Waals surface area contributed by atoms with Crippen molar-refractivity contribution in [1.29, 1.82) is 0 Å². The molecule has 4 rings (SSSR count). The molecule has 146 valence electrons. The van der Waals surface area contributed by atoms with Crippen LogP contribution < -0.4 is 14.2 Å². The van der Waals surface area contributed by atoms with E-state index >= 15 is 0 Å². The molecular weight excluding hydrogens is 368 g/mol. The Morgan fingerprint density at radius 2 is 1.85 bits per heavy atom. The van der Waals surface area contributed by atoms with Crippen LogP contribution in [0.4, 0.5) is 0 Å². The zero-order chi connectivity index (χ0) is 19.7. The van der Waals surface area contributed by atoms with Crippen LogP contribution in [0.25, 0.3) is 0 Å². The lowest BCUT2D eigenvalue weighted by Crippen LogP contribution is -2.49. The Hall–Kier alpha value is -1.88. The monoisotopic (exact) mass is 392 g/mol. The van der Waals surface area contributed by atoms with Gasteiger partial charge in [-0.15, -0.1) is 0 Å². The van der Waals surface area contributed by atoms with Crippen LogP contribution in [0.5, 0.6) is 17.2 Å². The quantitative estimate of drug-likeness (QED) is 0.723. The molecular formula is C21H25ClO5. The summed E-state index contributed by atoms with van der Waals surface area (Å²) in [5.41, 5.74) is 0.432. The summed E-state index contributed by atoms with van der Waals surface area (Å²) in [5, 5.41) is 0.306. The van der Waals surface area contributed by atoms with E-state index in [0.717, 1.165) is 11.3 Å². The lowest BCUT2D eigenvalue weighted by Gasteiger charge is -2.39. The highest BCUT2D eigenvalue weighted by atomic mass is 35.5. The molecule has 0 saturated carbocycles. The van der Waals surface area contributed by atoms with Crippen molar-refractivity contribution in [2.75, 3.05) is 14.2 Å². The number of fused-ring (bicyclic) bond motifs is 1. The summed E-state index contributed by atoms with van der Waals surface area (Å²) in [6, 6.07) is 1.64. The fourth-order valence-electron chi connectivity index (χ4n) is 4.50. The van der Waals surface area contributed by atoms with Crippen LogP contribution in [0.3, 0.4) is 0 Å². The first-order valence-electron chi connectivity index (χ1n) is 9.24. The molecule has 1 unspecified atom stereocenters. The van der Waals surface area contributed by atoms with E-state index in [-0.39, 0.29) is 23.2 Å². The van der Waals surface area contributed by atoms with E-state index in [2.05, 4.69) is 20.8 Å². The topological polar surface area (TPSA) is 54.0 Å². The van der Waals surface area contributed by atoms with E-state index in [0.29, 0.717) is 40.7 Å². The normalized spacial score (nSPS) is 30.7. The van der Waals surface area contributed by atoms with Crippen molar-refractivity contribution in [3.05, 3.63) is 28.0 Å². The van der Waals surface area contributed by atoms with Gasteiger partial charge in [-0.05, 0) is 12.5 Å². The third-order valence-electron chi connectivity index (χ3n) is 6.66. The van der Waals surface area contributed by atoms with Crippen LogP contribution in [-0.2, 0) is 4.74 Å². The summed E-state index contributed by atoms with van der Waals surface area (Å²) < 4.78 is 23.3. The fraction of sp³-hybridized carbons (Fsp3) is 0.571. The molecule has 5 nitrogen and oxygen atoms in total. The van der Waals surface area contributed by atoms with Crippen molar-refractivity contribution < 1.29 is 23.7 Å². The molecule has 3 atom stereocenters. The van der Waals surface area contributed by atoms with Crippen molar-refractivity contribution >= 4 is 17.4 Å². The third-order valence-corrected chi connectivity index (χ3v) is 7.02. The average molecular weight is 393 g/mol. The Morgan fingerprint density at radius 3 is 2.48 bits per heavy atom. The highest BCUT2D eigenvalue weighted by molar-refractivity contribution is 6.35. The second-order valence-corrected chi connectivity index (χ2v) is 8.66. The van der Waals surface area contributed by atoms with Crippen LogP contribution >= 0.6 is 11.6 Å². The Kier molecular flexibility index (Phi) is 3.97. The molecule has 1 spiro atoms. The molecule has 0 fully saturated rings. The predicted octanol–water partition coefficient (Wildman–Crippen LogP) is 4.80. The zero-order valence-corrected chi connectivity index (χ0v) is 17.3. The lowest BCUT2D eigenvalue weighted by molar-refractivity contribution is 0.0212. The molecule has 1 aromatic carbocycles. The summed E-state index contributed by atoms with van der Waals surface area (Å²) in [7, 11) is 3.06. The zero-order valence-electron chi connectivity index (χ0n) is 16.6. The van der Waals surface area contributed by atoms with E-state index in [1.807, 2.05) is 6.92 Å². The number of benzene rings is 1. The lowest BCUT2D eigenvalue weighted by atomic mass is 9.67. The predicted molar refractivity (Wildman–Crippen MR) is 102 cm³/mol. The van der Waals surface area contributed by atoms with Gasteiger partial charge < -0.3 is 18.9 Å². The molecule has 0 N–H and O–H groups in total. The maximum atomic E-state index is 13.6. The van der Waals surface area contributed by atoms with Crippen LogP contribution in [0.15, 0.2) is 17.4 Å². The van der Waals surface area contributed by atoms with E-state index < -0.39 is 5.60 Å². The first-order chi connectivity index (χ1) is 12.7. The van der Waals surface area contributed by atoms with E-state index in [1.54, 1.807) is 6.07 Å². The van der Waals surface area contributed by atoms with Crippen molar-refractivity contribution in [1.82, 2.24) is 0 Å². The van der Waals surface area contributed by atoms with Crippen LogP contribution in [-0.4, -0.2) is 31.7 Å². The number of carbonyl (C=O) groups excluding carboxylic acids is 1. The van der Waals surface area contributed by atoms with Crippen LogP contribution in [0.2, 0.25) is 5.02 Å². The standard InChI is InChI=1S/C21H25ClO5/c1-10-7-13-12(20(3,4)11(2)26-13)9-21(10)19(23)16-14(24-5)8-15(25-6)17(22)18(16)27-21/h8,10-11H,7,9H2,1-6H3/t10-,11?,21-/m1/s1. The number of Topliss-reactive ketones (excluding diaryl/α,β-unsaturated/α-hetero) is 1. The van der Waals surface area contributed by atoms with Gasteiger partial charge >= 0.3 is 0 Å². The van der Waals surface area contributed by atoms with Crippen LogP contribution in [0, 0.1) is 11.3 Å². The number of ether oxygens (including phenoxy) is 4. The maximum absolute atomic E-state index is 13.6. The fourth-order valence-corrected chi connectivity index (χ4v) is 4.77. The summed E-state index contributed by atoms with van der Waals surface area (Å²) >= 11 is 6.49. The van der Waals surface area contributed by atoms with E-state index in [9.17, 15) is 4.79 Å². The highest BCUT2D eigenvalue weighted by Gasteiger charge is 2.60. The Labute approximate surface area is 164 Å². The molecule has 0 radical (unpaired) electrons. The maximum Gasteiger partial charge on any atom is 0.214 e. The second kappa shape index (κ2) is 5.81. The first kappa shape index (κ1) is 18.5. The number of hydrogen-bond acceptors (Lipinski definition) is 5. The Morgan fingerprint density at radius 1 is 1.19 bits per heavy atom. The Balaban J connectivity index is 1.84. The number of halogens is 1. The van der Waals surface area contributed by atoms with Gasteiger partial charge in [-0.25, -0.2) is 0 Å². The molecule has 0 aromatic heterocycles. The molecule has 0 bridgehead atoms. The van der Waals surface area contributed by atoms with Gasteiger partial charge in [-0.3, -0.25) is 4.79 Å². The smallest absolute Gasteiger partial charge is 0.214 e. The molecule has 0 saturated heterocycles. The van der Waals surface area contributed by atoms with Gasteiger partial charge in [-0.1, -0.05) is 32.4 Å². The number of hydrogen-bond donors (Lipinski definition) is 0.